The van der Waals surface area contributed by atoms with Crippen molar-refractivity contribution in [2.45, 2.75) is 39.2 Å². The number of urea groups is 1. The van der Waals surface area contributed by atoms with Crippen molar-refractivity contribution in [1.29, 1.82) is 0 Å². The van der Waals surface area contributed by atoms with E-state index in [-0.39, 0.29) is 17.7 Å². The number of pyridine rings is 1. The molecule has 0 spiro atoms. The van der Waals surface area contributed by atoms with E-state index in [4.69, 9.17) is 4.42 Å². The van der Waals surface area contributed by atoms with Crippen LogP contribution >= 0.6 is 0 Å². The Hall–Kier alpha value is -3.15. The van der Waals surface area contributed by atoms with Crippen molar-refractivity contribution in [3.8, 4) is 0 Å². The molecule has 0 unspecified atom stereocenters. The molecule has 0 aliphatic carbocycles. The zero-order chi connectivity index (χ0) is 19.7. The van der Waals surface area contributed by atoms with E-state index in [1.165, 1.54) is 6.07 Å². The van der Waals surface area contributed by atoms with Crippen LogP contribution in [0.25, 0.3) is 11.0 Å². The van der Waals surface area contributed by atoms with Gasteiger partial charge in [0.25, 0.3) is 0 Å². The highest BCUT2D eigenvalue weighted by molar-refractivity contribution is 5.94. The van der Waals surface area contributed by atoms with E-state index < -0.39 is 0 Å². The van der Waals surface area contributed by atoms with Crippen LogP contribution in [0.2, 0.25) is 0 Å². The van der Waals surface area contributed by atoms with Crippen LogP contribution < -0.4 is 10.9 Å². The summed E-state index contributed by atoms with van der Waals surface area (Å²) in [6, 6.07) is 8.98. The van der Waals surface area contributed by atoms with Gasteiger partial charge in [-0.05, 0) is 68.0 Å². The molecular weight excluding hydrogens is 354 g/mol. The number of aryl methyl sites for hydroxylation is 2. The summed E-state index contributed by atoms with van der Waals surface area (Å²) in [7, 11) is 0. The first-order valence-electron chi connectivity index (χ1n) is 9.55. The van der Waals surface area contributed by atoms with Crippen molar-refractivity contribution >= 4 is 22.7 Å². The van der Waals surface area contributed by atoms with Gasteiger partial charge in [-0.25, -0.2) is 9.59 Å². The SMILES string of the molecule is Cc1cc2oc(=O)cc(C)c2cc1NC(=O)N1CCCC[C@H]1c1cccnc1. The smallest absolute Gasteiger partial charge is 0.336 e. The molecule has 4 rings (SSSR count). The van der Waals surface area contributed by atoms with Crippen LogP contribution in [-0.4, -0.2) is 22.5 Å². The van der Waals surface area contributed by atoms with E-state index in [0.29, 0.717) is 12.1 Å². The van der Waals surface area contributed by atoms with E-state index in [1.54, 1.807) is 12.3 Å². The van der Waals surface area contributed by atoms with E-state index >= 15 is 0 Å². The number of benzene rings is 1. The van der Waals surface area contributed by atoms with Crippen molar-refractivity contribution in [1.82, 2.24) is 9.88 Å². The van der Waals surface area contributed by atoms with Gasteiger partial charge in [-0.1, -0.05) is 6.07 Å². The zero-order valence-electron chi connectivity index (χ0n) is 16.1. The predicted molar refractivity (Wildman–Crippen MR) is 109 cm³/mol. The highest BCUT2D eigenvalue weighted by atomic mass is 16.4. The monoisotopic (exact) mass is 377 g/mol. The number of piperidine rings is 1. The number of carbonyl (C=O) groups is 1. The van der Waals surface area contributed by atoms with Gasteiger partial charge >= 0.3 is 11.7 Å². The van der Waals surface area contributed by atoms with E-state index in [9.17, 15) is 9.59 Å². The Morgan fingerprint density at radius 1 is 1.21 bits per heavy atom. The molecule has 1 N–H and O–H groups in total. The maximum absolute atomic E-state index is 13.1. The summed E-state index contributed by atoms with van der Waals surface area (Å²) in [6.07, 6.45) is 6.60. The predicted octanol–water partition coefficient (Wildman–Crippen LogP) is 4.56. The minimum absolute atomic E-state index is 0.0305. The molecule has 6 heteroatoms. The van der Waals surface area contributed by atoms with E-state index in [0.717, 1.165) is 47.0 Å². The fourth-order valence-electron chi connectivity index (χ4n) is 3.88. The van der Waals surface area contributed by atoms with Crippen molar-refractivity contribution in [2.75, 3.05) is 11.9 Å². The minimum atomic E-state index is -0.367. The number of hydrogen-bond donors (Lipinski definition) is 1. The lowest BCUT2D eigenvalue weighted by Gasteiger charge is -2.36. The Kier molecular flexibility index (Phi) is 4.86. The quantitative estimate of drug-likeness (QED) is 0.664. The maximum atomic E-state index is 13.1. The molecule has 28 heavy (non-hydrogen) atoms. The van der Waals surface area contributed by atoms with Gasteiger partial charge in [-0.3, -0.25) is 4.98 Å². The standard InChI is InChI=1S/C22H23N3O3/c1-14-11-21(26)28-20-10-15(2)18(12-17(14)20)24-22(27)25-9-4-3-7-19(25)16-6-5-8-23-13-16/h5-6,8,10-13,19H,3-4,7,9H2,1-2H3,(H,24,27)/t19-/m0/s1. The Bertz CT molecular complexity index is 1080. The zero-order valence-corrected chi connectivity index (χ0v) is 16.1. The fraction of sp³-hybridized carbons (Fsp3) is 0.318. The summed E-state index contributed by atoms with van der Waals surface area (Å²) >= 11 is 0. The molecule has 144 valence electrons. The third-order valence-electron chi connectivity index (χ3n) is 5.37. The number of likely N-dealkylation sites (tertiary alicyclic amines) is 1. The average molecular weight is 377 g/mol. The van der Waals surface area contributed by atoms with Crippen LogP contribution in [0.1, 0.15) is 42.0 Å². The lowest BCUT2D eigenvalue weighted by Crippen LogP contribution is -2.41. The number of aromatic nitrogens is 1. The Morgan fingerprint density at radius 3 is 2.86 bits per heavy atom. The molecule has 1 atom stereocenters. The second kappa shape index (κ2) is 7.46. The number of rotatable bonds is 2. The van der Waals surface area contributed by atoms with Gasteiger partial charge in [-0.2, -0.15) is 0 Å². The number of nitrogens with zero attached hydrogens (tertiary/aromatic N) is 2. The Morgan fingerprint density at radius 2 is 2.07 bits per heavy atom. The second-order valence-electron chi connectivity index (χ2n) is 7.33. The summed E-state index contributed by atoms with van der Waals surface area (Å²) in [5, 5.41) is 3.88. The molecular formula is C22H23N3O3. The summed E-state index contributed by atoms with van der Waals surface area (Å²) in [5.41, 5.74) is 3.63. The summed E-state index contributed by atoms with van der Waals surface area (Å²) < 4.78 is 5.29. The van der Waals surface area contributed by atoms with Crippen molar-refractivity contribution in [3.05, 3.63) is 69.8 Å². The van der Waals surface area contributed by atoms with Gasteiger partial charge in [0.1, 0.15) is 5.58 Å². The van der Waals surface area contributed by atoms with Crippen LogP contribution in [-0.2, 0) is 0 Å². The number of hydrogen-bond acceptors (Lipinski definition) is 4. The number of carbonyl (C=O) groups excluding carboxylic acids is 1. The molecule has 1 aliphatic rings. The number of anilines is 1. The minimum Gasteiger partial charge on any atom is -0.423 e. The third kappa shape index (κ3) is 3.50. The fourth-order valence-corrected chi connectivity index (χ4v) is 3.88. The van der Waals surface area contributed by atoms with Crippen LogP contribution in [0.3, 0.4) is 0 Å². The largest absolute Gasteiger partial charge is 0.423 e. The lowest BCUT2D eigenvalue weighted by atomic mass is 9.97. The number of nitrogens with one attached hydrogen (secondary N) is 1. The first kappa shape index (κ1) is 18.2. The number of fused-ring (bicyclic) bond motifs is 1. The Labute approximate surface area is 163 Å². The van der Waals surface area contributed by atoms with Gasteiger partial charge in [0, 0.05) is 36.1 Å². The van der Waals surface area contributed by atoms with Crippen LogP contribution in [0.5, 0.6) is 0 Å². The molecule has 2 amide bonds. The van der Waals surface area contributed by atoms with Crippen LogP contribution in [0.15, 0.2) is 51.9 Å². The first-order valence-corrected chi connectivity index (χ1v) is 9.55. The molecule has 1 aliphatic heterocycles. The first-order chi connectivity index (χ1) is 13.5. The lowest BCUT2D eigenvalue weighted by molar-refractivity contribution is 0.163. The molecule has 1 aromatic carbocycles. The van der Waals surface area contributed by atoms with E-state index in [2.05, 4.69) is 10.3 Å². The van der Waals surface area contributed by atoms with Crippen molar-refractivity contribution < 1.29 is 9.21 Å². The number of amides is 2. The highest BCUT2D eigenvalue weighted by Gasteiger charge is 2.28. The molecule has 2 aromatic heterocycles. The second-order valence-corrected chi connectivity index (χ2v) is 7.33. The molecule has 1 saturated heterocycles. The van der Waals surface area contributed by atoms with Gasteiger partial charge in [-0.15, -0.1) is 0 Å². The summed E-state index contributed by atoms with van der Waals surface area (Å²) in [6.45, 7) is 4.47. The van der Waals surface area contributed by atoms with Gasteiger partial charge < -0.3 is 14.6 Å². The highest BCUT2D eigenvalue weighted by Crippen LogP contribution is 2.32. The molecule has 3 heterocycles. The molecule has 0 radical (unpaired) electrons. The topological polar surface area (TPSA) is 75.4 Å². The third-order valence-corrected chi connectivity index (χ3v) is 5.37. The van der Waals surface area contributed by atoms with Gasteiger partial charge in [0.05, 0.1) is 6.04 Å². The molecule has 3 aromatic rings. The Balaban J connectivity index is 1.63. The average Bonchev–Trinajstić information content (AvgIpc) is 2.69. The molecule has 6 nitrogen and oxygen atoms in total. The van der Waals surface area contributed by atoms with Crippen LogP contribution in [0, 0.1) is 13.8 Å². The van der Waals surface area contributed by atoms with Gasteiger partial charge in [0.15, 0.2) is 0 Å². The summed E-state index contributed by atoms with van der Waals surface area (Å²) in [4.78, 5) is 30.8. The molecule has 0 saturated carbocycles. The van der Waals surface area contributed by atoms with Crippen molar-refractivity contribution in [2.24, 2.45) is 0 Å². The van der Waals surface area contributed by atoms with Crippen molar-refractivity contribution in [3.63, 3.8) is 0 Å². The maximum Gasteiger partial charge on any atom is 0.336 e. The van der Waals surface area contributed by atoms with E-state index in [1.807, 2.05) is 43.1 Å². The normalized spacial score (nSPS) is 16.9. The molecule has 1 fully saturated rings. The molecule has 0 bridgehead atoms. The van der Waals surface area contributed by atoms with Crippen LogP contribution in [0.4, 0.5) is 10.5 Å². The summed E-state index contributed by atoms with van der Waals surface area (Å²) in [5.74, 6) is 0. The van der Waals surface area contributed by atoms with Gasteiger partial charge in [0.2, 0.25) is 0 Å².